The van der Waals surface area contributed by atoms with E-state index in [4.69, 9.17) is 46.4 Å². The van der Waals surface area contributed by atoms with Gasteiger partial charge in [0, 0.05) is 12.6 Å². The van der Waals surface area contributed by atoms with Crippen molar-refractivity contribution < 1.29 is 9.59 Å². The molecule has 4 nitrogen and oxygen atoms in total. The summed E-state index contributed by atoms with van der Waals surface area (Å²) in [6.07, 6.45) is 4.27. The summed E-state index contributed by atoms with van der Waals surface area (Å²) in [5.74, 6) is -0.354. The molecule has 31 heavy (non-hydrogen) atoms. The molecule has 0 radical (unpaired) electrons. The predicted molar refractivity (Wildman–Crippen MR) is 127 cm³/mol. The third-order valence-electron chi connectivity index (χ3n) is 5.55. The smallest absolute Gasteiger partial charge is 0.242 e. The van der Waals surface area contributed by atoms with Crippen molar-refractivity contribution in [1.82, 2.24) is 10.2 Å². The van der Waals surface area contributed by atoms with Gasteiger partial charge in [0.05, 0.1) is 26.5 Å². The molecule has 0 saturated heterocycles. The van der Waals surface area contributed by atoms with Crippen LogP contribution in [0, 0.1) is 0 Å². The van der Waals surface area contributed by atoms with Crippen LogP contribution in [0.3, 0.4) is 0 Å². The maximum atomic E-state index is 13.3. The molecule has 0 bridgehead atoms. The van der Waals surface area contributed by atoms with Crippen molar-refractivity contribution in [3.8, 4) is 0 Å². The van der Waals surface area contributed by atoms with Gasteiger partial charge in [-0.15, -0.1) is 0 Å². The Balaban J connectivity index is 1.80. The van der Waals surface area contributed by atoms with E-state index < -0.39 is 6.04 Å². The number of carbonyl (C=O) groups excluding carboxylic acids is 2. The molecule has 1 N–H and O–H groups in total. The minimum atomic E-state index is -0.648. The lowest BCUT2D eigenvalue weighted by Gasteiger charge is -2.30. The monoisotopic (exact) mass is 500 g/mol. The second-order valence-corrected chi connectivity index (χ2v) is 9.49. The predicted octanol–water partition coefficient (Wildman–Crippen LogP) is 6.32. The zero-order valence-electron chi connectivity index (χ0n) is 17.1. The molecule has 2 aromatic rings. The van der Waals surface area contributed by atoms with Crippen LogP contribution in [0.25, 0.3) is 0 Å². The van der Waals surface area contributed by atoms with E-state index in [1.807, 2.05) is 0 Å². The highest BCUT2D eigenvalue weighted by Crippen LogP contribution is 2.26. The number of rotatable bonds is 7. The highest BCUT2D eigenvalue weighted by molar-refractivity contribution is 6.42. The largest absolute Gasteiger partial charge is 0.352 e. The second kappa shape index (κ2) is 10.9. The molecule has 0 spiro atoms. The molecule has 1 saturated carbocycles. The van der Waals surface area contributed by atoms with Crippen LogP contribution in [0.15, 0.2) is 36.4 Å². The first kappa shape index (κ1) is 24.2. The van der Waals surface area contributed by atoms with Crippen LogP contribution in [0.5, 0.6) is 0 Å². The van der Waals surface area contributed by atoms with Gasteiger partial charge in [0.25, 0.3) is 0 Å². The molecule has 0 heterocycles. The van der Waals surface area contributed by atoms with E-state index in [1.165, 1.54) is 0 Å². The summed E-state index contributed by atoms with van der Waals surface area (Å²) in [4.78, 5) is 27.7. The lowest BCUT2D eigenvalue weighted by Crippen LogP contribution is -2.50. The molecule has 3 rings (SSSR count). The minimum Gasteiger partial charge on any atom is -0.352 e. The first-order valence-electron chi connectivity index (χ1n) is 10.2. The van der Waals surface area contributed by atoms with Crippen LogP contribution < -0.4 is 5.32 Å². The topological polar surface area (TPSA) is 49.4 Å². The van der Waals surface area contributed by atoms with Gasteiger partial charge in [0.1, 0.15) is 6.04 Å². The van der Waals surface area contributed by atoms with E-state index in [-0.39, 0.29) is 30.8 Å². The van der Waals surface area contributed by atoms with E-state index in [9.17, 15) is 9.59 Å². The molecular weight excluding hydrogens is 478 g/mol. The Kier molecular flexibility index (Phi) is 8.51. The summed E-state index contributed by atoms with van der Waals surface area (Å²) in [6.45, 7) is 1.98. The fourth-order valence-corrected chi connectivity index (χ4v) is 4.38. The Morgan fingerprint density at radius 1 is 0.935 bits per heavy atom. The van der Waals surface area contributed by atoms with Gasteiger partial charge >= 0.3 is 0 Å². The zero-order chi connectivity index (χ0) is 22.5. The summed E-state index contributed by atoms with van der Waals surface area (Å²) in [7, 11) is 0. The highest BCUT2D eigenvalue weighted by Gasteiger charge is 2.28. The third kappa shape index (κ3) is 6.52. The van der Waals surface area contributed by atoms with Crippen molar-refractivity contribution in [2.24, 2.45) is 0 Å². The maximum absolute atomic E-state index is 13.3. The molecule has 166 valence electrons. The summed E-state index contributed by atoms with van der Waals surface area (Å²) >= 11 is 24.3. The highest BCUT2D eigenvalue weighted by atomic mass is 35.5. The van der Waals surface area contributed by atoms with E-state index in [2.05, 4.69) is 5.32 Å². The minimum absolute atomic E-state index is 0.0965. The normalized spacial score (nSPS) is 15.0. The first-order valence-corrected chi connectivity index (χ1v) is 11.7. The third-order valence-corrected chi connectivity index (χ3v) is 7.02. The fraction of sp³-hybridized carbons (Fsp3) is 0.391. The molecule has 0 aromatic heterocycles. The van der Waals surface area contributed by atoms with Crippen molar-refractivity contribution >= 4 is 58.2 Å². The van der Waals surface area contributed by atoms with Gasteiger partial charge in [-0.3, -0.25) is 9.59 Å². The van der Waals surface area contributed by atoms with E-state index >= 15 is 0 Å². The van der Waals surface area contributed by atoms with Gasteiger partial charge in [0.2, 0.25) is 11.8 Å². The second-order valence-electron chi connectivity index (χ2n) is 7.86. The summed E-state index contributed by atoms with van der Waals surface area (Å²) < 4.78 is 0. The van der Waals surface area contributed by atoms with Crippen LogP contribution in [0.1, 0.15) is 43.7 Å². The van der Waals surface area contributed by atoms with Gasteiger partial charge < -0.3 is 10.2 Å². The Labute approximate surface area is 202 Å². The van der Waals surface area contributed by atoms with E-state index in [0.717, 1.165) is 36.8 Å². The van der Waals surface area contributed by atoms with Crippen LogP contribution in [0.2, 0.25) is 20.1 Å². The number of carbonyl (C=O) groups is 2. The summed E-state index contributed by atoms with van der Waals surface area (Å²) in [5.41, 5.74) is 1.51. The molecule has 2 amide bonds. The van der Waals surface area contributed by atoms with Gasteiger partial charge in [-0.1, -0.05) is 71.4 Å². The molecule has 0 aliphatic heterocycles. The maximum Gasteiger partial charge on any atom is 0.242 e. The Bertz CT molecular complexity index is 961. The Morgan fingerprint density at radius 3 is 2.06 bits per heavy atom. The molecule has 8 heteroatoms. The van der Waals surface area contributed by atoms with Crippen molar-refractivity contribution in [1.29, 1.82) is 0 Å². The molecule has 0 unspecified atom stereocenters. The average Bonchev–Trinajstić information content (AvgIpc) is 3.24. The Morgan fingerprint density at radius 2 is 1.48 bits per heavy atom. The molecule has 1 atom stereocenters. The molecule has 1 fully saturated rings. The average molecular weight is 502 g/mol. The molecule has 2 aromatic carbocycles. The van der Waals surface area contributed by atoms with Crippen LogP contribution in [-0.4, -0.2) is 28.8 Å². The Hall–Kier alpha value is -1.46. The standard InChI is InChI=1S/C23H24Cl4N2O2/c1-14(23(31)28-17-4-2-3-5-17)29(13-16-7-9-19(25)21(27)11-16)22(30)12-15-6-8-18(24)20(26)10-15/h6-11,14,17H,2-5,12-13H2,1H3,(H,28,31)/t14-/m1/s1. The molecule has 1 aliphatic rings. The fourth-order valence-electron chi connectivity index (χ4n) is 3.74. The zero-order valence-corrected chi connectivity index (χ0v) is 20.2. The number of nitrogens with one attached hydrogen (secondary N) is 1. The SMILES string of the molecule is C[C@H](C(=O)NC1CCCC1)N(Cc1ccc(Cl)c(Cl)c1)C(=O)Cc1ccc(Cl)c(Cl)c1. The van der Waals surface area contributed by atoms with Crippen molar-refractivity contribution in [3.05, 3.63) is 67.6 Å². The lowest BCUT2D eigenvalue weighted by molar-refractivity contribution is -0.140. The van der Waals surface area contributed by atoms with Gasteiger partial charge in [-0.25, -0.2) is 0 Å². The summed E-state index contributed by atoms with van der Waals surface area (Å²) in [6, 6.07) is 9.81. The lowest BCUT2D eigenvalue weighted by atomic mass is 10.1. The number of nitrogens with zero attached hydrogens (tertiary/aromatic N) is 1. The van der Waals surface area contributed by atoms with Crippen LogP contribution >= 0.6 is 46.4 Å². The number of halogens is 4. The molecular formula is C23H24Cl4N2O2. The van der Waals surface area contributed by atoms with Gasteiger partial charge in [-0.2, -0.15) is 0 Å². The van der Waals surface area contributed by atoms with Crippen LogP contribution in [0.4, 0.5) is 0 Å². The van der Waals surface area contributed by atoms with Gasteiger partial charge in [0.15, 0.2) is 0 Å². The van der Waals surface area contributed by atoms with Crippen molar-refractivity contribution in [3.63, 3.8) is 0 Å². The van der Waals surface area contributed by atoms with Crippen LogP contribution in [-0.2, 0) is 22.6 Å². The number of hydrogen-bond donors (Lipinski definition) is 1. The number of benzene rings is 2. The summed E-state index contributed by atoms with van der Waals surface area (Å²) in [5, 5.41) is 4.73. The molecule has 1 aliphatic carbocycles. The first-order chi connectivity index (χ1) is 14.7. The van der Waals surface area contributed by atoms with Crippen molar-refractivity contribution in [2.75, 3.05) is 0 Å². The van der Waals surface area contributed by atoms with E-state index in [0.29, 0.717) is 20.1 Å². The number of amides is 2. The van der Waals surface area contributed by atoms with Crippen molar-refractivity contribution in [2.45, 2.75) is 57.7 Å². The van der Waals surface area contributed by atoms with E-state index in [1.54, 1.807) is 48.2 Å². The quantitative estimate of drug-likeness (QED) is 0.482. The number of hydrogen-bond acceptors (Lipinski definition) is 2. The van der Waals surface area contributed by atoms with Gasteiger partial charge in [-0.05, 0) is 55.2 Å².